The molecule has 2 N–H and O–H groups in total. The van der Waals surface area contributed by atoms with Gasteiger partial charge in [0, 0.05) is 32.3 Å². The average Bonchev–Trinajstić information content (AvgIpc) is 2.61. The van der Waals surface area contributed by atoms with Crippen LogP contribution in [0.1, 0.15) is 17.5 Å². The summed E-state index contributed by atoms with van der Waals surface area (Å²) < 4.78 is 0. The van der Waals surface area contributed by atoms with Crippen LogP contribution in [-0.2, 0) is 9.59 Å². The third-order valence-electron chi connectivity index (χ3n) is 4.10. The Morgan fingerprint density at radius 2 is 2.04 bits per heavy atom. The minimum Gasteiger partial charge on any atom is -0.379 e. The molecule has 1 aliphatic rings. The quantitative estimate of drug-likeness (QED) is 0.451. The van der Waals surface area contributed by atoms with Crippen molar-refractivity contribution in [2.24, 2.45) is 0 Å². The van der Waals surface area contributed by atoms with Crippen molar-refractivity contribution in [2.45, 2.75) is 12.5 Å². The number of benzene rings is 1. The summed E-state index contributed by atoms with van der Waals surface area (Å²) >= 11 is 0. The van der Waals surface area contributed by atoms with Crippen LogP contribution in [0.25, 0.3) is 12.2 Å². The lowest BCUT2D eigenvalue weighted by Gasteiger charge is -2.42. The number of likely N-dealkylation sites (N-methyl/N-ethyl adjacent to an activating group) is 1. The summed E-state index contributed by atoms with van der Waals surface area (Å²) in [5.41, 5.74) is 3.20. The highest BCUT2D eigenvalue weighted by atomic mass is 16.5. The van der Waals surface area contributed by atoms with E-state index in [0.29, 0.717) is 0 Å². The van der Waals surface area contributed by atoms with Gasteiger partial charge in [0.2, 0.25) is 5.91 Å². The number of amides is 2. The van der Waals surface area contributed by atoms with E-state index in [9.17, 15) is 9.59 Å². The van der Waals surface area contributed by atoms with Gasteiger partial charge in [0.15, 0.2) is 0 Å². The molecule has 0 spiro atoms. The monoisotopic (exact) mass is 341 g/mol. The van der Waals surface area contributed by atoms with Gasteiger partial charge < -0.3 is 9.80 Å². The Morgan fingerprint density at radius 1 is 1.36 bits per heavy atom. The van der Waals surface area contributed by atoms with E-state index in [0.717, 1.165) is 30.6 Å². The molecule has 0 bridgehead atoms. The van der Waals surface area contributed by atoms with Crippen molar-refractivity contribution in [2.75, 3.05) is 20.1 Å². The number of rotatable bonds is 7. The van der Waals surface area contributed by atoms with Crippen LogP contribution < -0.4 is 5.48 Å². The topological polar surface area (TPSA) is 72.9 Å². The van der Waals surface area contributed by atoms with Crippen LogP contribution in [0, 0.1) is 0 Å². The summed E-state index contributed by atoms with van der Waals surface area (Å²) in [5, 5.41) is 8.47. The molecule has 25 heavy (non-hydrogen) atoms. The number of hydrogen-bond donors (Lipinski definition) is 2. The molecule has 0 aliphatic carbocycles. The van der Waals surface area contributed by atoms with Gasteiger partial charge in [-0.05, 0) is 42.0 Å². The molecule has 1 saturated heterocycles. The standard InChI is InChI=1S/C19H23N3O3/c1-3-21(2)14-17-11-12-22(17)19(24)10-8-16-6-4-5-15(13-16)7-9-18(23)20-25/h3-10,13,17,25H,1,11-12,14H2,2H3,(H,20,23)/b9-7+,10-8+. The van der Waals surface area contributed by atoms with E-state index in [2.05, 4.69) is 6.58 Å². The first kappa shape index (κ1) is 18.5. The maximum Gasteiger partial charge on any atom is 0.267 e. The van der Waals surface area contributed by atoms with Crippen molar-refractivity contribution >= 4 is 24.0 Å². The highest BCUT2D eigenvalue weighted by Crippen LogP contribution is 2.19. The predicted octanol–water partition coefficient (Wildman–Crippen LogP) is 1.89. The Hall–Kier alpha value is -2.86. The molecule has 1 aromatic rings. The summed E-state index contributed by atoms with van der Waals surface area (Å²) in [6.07, 6.45) is 8.91. The summed E-state index contributed by atoms with van der Waals surface area (Å²) in [4.78, 5) is 27.2. The molecule has 0 aromatic heterocycles. The second-order valence-corrected chi connectivity index (χ2v) is 5.91. The smallest absolute Gasteiger partial charge is 0.267 e. The van der Waals surface area contributed by atoms with Crippen molar-refractivity contribution in [3.63, 3.8) is 0 Å². The average molecular weight is 341 g/mol. The van der Waals surface area contributed by atoms with Gasteiger partial charge in [0.05, 0.1) is 6.04 Å². The van der Waals surface area contributed by atoms with Gasteiger partial charge in [-0.2, -0.15) is 0 Å². The number of nitrogens with one attached hydrogen (secondary N) is 1. The first-order valence-corrected chi connectivity index (χ1v) is 8.07. The Bertz CT molecular complexity index is 697. The first-order valence-electron chi connectivity index (χ1n) is 8.07. The van der Waals surface area contributed by atoms with Crippen LogP contribution >= 0.6 is 0 Å². The van der Waals surface area contributed by atoms with E-state index in [1.165, 1.54) is 11.6 Å². The molecule has 0 radical (unpaired) electrons. The highest BCUT2D eigenvalue weighted by molar-refractivity contribution is 5.93. The molecular formula is C19H23N3O3. The van der Waals surface area contributed by atoms with Gasteiger partial charge in [-0.25, -0.2) is 5.48 Å². The van der Waals surface area contributed by atoms with E-state index >= 15 is 0 Å². The molecule has 1 atom stereocenters. The summed E-state index contributed by atoms with van der Waals surface area (Å²) in [6.45, 7) is 5.29. The van der Waals surface area contributed by atoms with Crippen molar-refractivity contribution in [3.8, 4) is 0 Å². The molecule has 1 unspecified atom stereocenters. The zero-order chi connectivity index (χ0) is 18.2. The lowest BCUT2D eigenvalue weighted by atomic mass is 10.0. The van der Waals surface area contributed by atoms with Crippen LogP contribution in [0.15, 0.2) is 49.2 Å². The SMILES string of the molecule is C=CN(C)CC1CCN1C(=O)/C=C/c1cccc(/C=C/C(=O)NO)c1. The predicted molar refractivity (Wildman–Crippen MR) is 97.4 cm³/mol. The minimum atomic E-state index is -0.593. The highest BCUT2D eigenvalue weighted by Gasteiger charge is 2.31. The number of carbonyl (C=O) groups excluding carboxylic acids is 2. The third kappa shape index (κ3) is 5.32. The van der Waals surface area contributed by atoms with Gasteiger partial charge in [0.25, 0.3) is 5.91 Å². The van der Waals surface area contributed by atoms with E-state index in [-0.39, 0.29) is 11.9 Å². The number of hydrogen-bond acceptors (Lipinski definition) is 4. The van der Waals surface area contributed by atoms with Crippen LogP contribution in [0.3, 0.4) is 0 Å². The van der Waals surface area contributed by atoms with Gasteiger partial charge in [-0.3, -0.25) is 14.8 Å². The third-order valence-corrected chi connectivity index (χ3v) is 4.10. The fourth-order valence-corrected chi connectivity index (χ4v) is 2.57. The van der Waals surface area contributed by atoms with Gasteiger partial charge in [0.1, 0.15) is 0 Å². The molecule has 0 saturated carbocycles. The first-order chi connectivity index (χ1) is 12.0. The largest absolute Gasteiger partial charge is 0.379 e. The molecule has 132 valence electrons. The molecule has 1 heterocycles. The van der Waals surface area contributed by atoms with Crippen LogP contribution in [0.5, 0.6) is 0 Å². The second kappa shape index (κ2) is 8.84. The molecule has 1 aromatic carbocycles. The molecule has 2 amide bonds. The number of nitrogens with zero attached hydrogens (tertiary/aromatic N) is 2. The number of hydroxylamine groups is 1. The van der Waals surface area contributed by atoms with Crippen molar-refractivity contribution in [1.82, 2.24) is 15.3 Å². The van der Waals surface area contributed by atoms with Crippen LogP contribution in [0.2, 0.25) is 0 Å². The van der Waals surface area contributed by atoms with Gasteiger partial charge in [-0.15, -0.1) is 0 Å². The molecule has 1 aliphatic heterocycles. The molecule has 1 fully saturated rings. The van der Waals surface area contributed by atoms with E-state index in [1.54, 1.807) is 24.4 Å². The Labute approximate surface area is 147 Å². The minimum absolute atomic E-state index is 0.00526. The summed E-state index contributed by atoms with van der Waals surface area (Å²) in [6, 6.07) is 7.63. The zero-order valence-corrected chi connectivity index (χ0v) is 14.3. The normalized spacial score (nSPS) is 16.7. The molecule has 6 heteroatoms. The zero-order valence-electron chi connectivity index (χ0n) is 14.3. The van der Waals surface area contributed by atoms with Crippen molar-refractivity contribution in [3.05, 3.63) is 60.3 Å². The lowest BCUT2D eigenvalue weighted by molar-refractivity contribution is -0.133. The second-order valence-electron chi connectivity index (χ2n) is 5.91. The summed E-state index contributed by atoms with van der Waals surface area (Å²) in [5.74, 6) is -0.598. The van der Waals surface area contributed by atoms with Gasteiger partial charge in [-0.1, -0.05) is 24.8 Å². The number of carbonyl (C=O) groups is 2. The fraction of sp³-hybridized carbons (Fsp3) is 0.263. The Morgan fingerprint density at radius 3 is 2.60 bits per heavy atom. The molecule has 6 nitrogen and oxygen atoms in total. The van der Waals surface area contributed by atoms with E-state index in [4.69, 9.17) is 5.21 Å². The van der Waals surface area contributed by atoms with Crippen LogP contribution in [0.4, 0.5) is 0 Å². The van der Waals surface area contributed by atoms with Crippen LogP contribution in [-0.4, -0.2) is 53.0 Å². The van der Waals surface area contributed by atoms with Crippen molar-refractivity contribution < 1.29 is 14.8 Å². The molecule has 2 rings (SSSR count). The lowest BCUT2D eigenvalue weighted by Crippen LogP contribution is -2.54. The van der Waals surface area contributed by atoms with Gasteiger partial charge >= 0.3 is 0 Å². The van der Waals surface area contributed by atoms with E-state index in [1.807, 2.05) is 41.1 Å². The van der Waals surface area contributed by atoms with E-state index < -0.39 is 5.91 Å². The maximum atomic E-state index is 12.3. The number of likely N-dealkylation sites (tertiary alicyclic amines) is 1. The molecular weight excluding hydrogens is 318 g/mol. The fourth-order valence-electron chi connectivity index (χ4n) is 2.57. The van der Waals surface area contributed by atoms with Crippen molar-refractivity contribution in [1.29, 1.82) is 0 Å². The Balaban J connectivity index is 1.97. The summed E-state index contributed by atoms with van der Waals surface area (Å²) in [7, 11) is 1.94. The Kier molecular flexibility index (Phi) is 6.54. The maximum absolute atomic E-state index is 12.3.